The smallest absolute Gasteiger partial charge is 0.220 e. The van der Waals surface area contributed by atoms with E-state index in [2.05, 4.69) is 42.7 Å². The summed E-state index contributed by atoms with van der Waals surface area (Å²) in [5.74, 6) is 0.501. The van der Waals surface area contributed by atoms with E-state index in [1.54, 1.807) is 11.3 Å². The van der Waals surface area contributed by atoms with Crippen molar-refractivity contribution in [2.24, 2.45) is 5.92 Å². The van der Waals surface area contributed by atoms with Crippen molar-refractivity contribution in [3.05, 3.63) is 58.3 Å². The maximum atomic E-state index is 12.1. The predicted molar refractivity (Wildman–Crippen MR) is 84.8 cm³/mol. The normalized spacial score (nSPS) is 12.3. The number of hydrogen-bond acceptors (Lipinski definition) is 2. The molecule has 1 aromatic heterocycles. The molecule has 1 heterocycles. The van der Waals surface area contributed by atoms with Gasteiger partial charge in [-0.2, -0.15) is 11.3 Å². The Kier molecular flexibility index (Phi) is 5.36. The van der Waals surface area contributed by atoms with Crippen molar-refractivity contribution in [1.82, 2.24) is 5.32 Å². The standard InChI is InChI=1S/C17H21NOS/c1-13(2)17(15-6-4-3-5-7-15)18-16(19)9-8-14-10-11-20-12-14/h3-7,10-13,17H,8-9H2,1-2H3,(H,18,19). The number of carbonyl (C=O) groups is 1. The number of benzene rings is 1. The molecule has 106 valence electrons. The van der Waals surface area contributed by atoms with Crippen molar-refractivity contribution in [2.75, 3.05) is 0 Å². The van der Waals surface area contributed by atoms with Crippen molar-refractivity contribution >= 4 is 17.2 Å². The van der Waals surface area contributed by atoms with Gasteiger partial charge in [0.2, 0.25) is 5.91 Å². The van der Waals surface area contributed by atoms with Crippen LogP contribution < -0.4 is 5.32 Å². The van der Waals surface area contributed by atoms with Crippen molar-refractivity contribution in [2.45, 2.75) is 32.7 Å². The van der Waals surface area contributed by atoms with Crippen molar-refractivity contribution in [1.29, 1.82) is 0 Å². The molecule has 1 amide bonds. The van der Waals surface area contributed by atoms with Gasteiger partial charge in [-0.25, -0.2) is 0 Å². The summed E-state index contributed by atoms with van der Waals surface area (Å²) in [6.45, 7) is 4.27. The van der Waals surface area contributed by atoms with E-state index in [4.69, 9.17) is 0 Å². The SMILES string of the molecule is CC(C)C(NC(=O)CCc1ccsc1)c1ccccc1. The fraction of sp³-hybridized carbons (Fsp3) is 0.353. The zero-order valence-corrected chi connectivity index (χ0v) is 12.8. The number of carbonyl (C=O) groups excluding carboxylic acids is 1. The molecule has 0 radical (unpaired) electrons. The molecule has 2 rings (SSSR count). The minimum atomic E-state index is 0.0891. The van der Waals surface area contributed by atoms with Gasteiger partial charge in [-0.15, -0.1) is 0 Å². The molecule has 0 bridgehead atoms. The Balaban J connectivity index is 1.93. The topological polar surface area (TPSA) is 29.1 Å². The Morgan fingerprint density at radius 1 is 1.20 bits per heavy atom. The van der Waals surface area contributed by atoms with Crippen molar-refractivity contribution in [3.8, 4) is 0 Å². The molecule has 1 N–H and O–H groups in total. The molecule has 0 spiro atoms. The van der Waals surface area contributed by atoms with Gasteiger partial charge in [0.05, 0.1) is 6.04 Å². The molecule has 2 nitrogen and oxygen atoms in total. The molecule has 2 aromatic rings. The average Bonchev–Trinajstić information content (AvgIpc) is 2.96. The molecule has 0 saturated carbocycles. The minimum Gasteiger partial charge on any atom is -0.349 e. The summed E-state index contributed by atoms with van der Waals surface area (Å²) >= 11 is 1.68. The highest BCUT2D eigenvalue weighted by atomic mass is 32.1. The molecule has 1 unspecified atom stereocenters. The molecule has 3 heteroatoms. The molecular weight excluding hydrogens is 266 g/mol. The second-order valence-corrected chi connectivity index (χ2v) is 6.11. The van der Waals surface area contributed by atoms with Gasteiger partial charge in [-0.05, 0) is 40.3 Å². The molecule has 0 aliphatic heterocycles. The van der Waals surface area contributed by atoms with Gasteiger partial charge in [-0.1, -0.05) is 44.2 Å². The Bertz CT molecular complexity index is 519. The first-order valence-corrected chi connectivity index (χ1v) is 7.96. The lowest BCUT2D eigenvalue weighted by Crippen LogP contribution is -2.31. The third-order valence-electron chi connectivity index (χ3n) is 3.36. The van der Waals surface area contributed by atoms with Gasteiger partial charge < -0.3 is 5.32 Å². The summed E-state index contributed by atoms with van der Waals surface area (Å²) in [5, 5.41) is 7.31. The molecule has 1 aromatic carbocycles. The van der Waals surface area contributed by atoms with Crippen LogP contribution in [0.4, 0.5) is 0 Å². The van der Waals surface area contributed by atoms with Crippen LogP contribution >= 0.6 is 11.3 Å². The van der Waals surface area contributed by atoms with Crippen molar-refractivity contribution < 1.29 is 4.79 Å². The van der Waals surface area contributed by atoms with Crippen LogP contribution in [0, 0.1) is 5.92 Å². The quantitative estimate of drug-likeness (QED) is 0.848. The first-order chi connectivity index (χ1) is 9.66. The number of rotatable bonds is 6. The van der Waals surface area contributed by atoms with Crippen LogP contribution in [0.15, 0.2) is 47.2 Å². The van der Waals surface area contributed by atoms with Gasteiger partial charge in [0, 0.05) is 6.42 Å². The van der Waals surface area contributed by atoms with E-state index in [-0.39, 0.29) is 11.9 Å². The van der Waals surface area contributed by atoms with Gasteiger partial charge in [0.1, 0.15) is 0 Å². The number of thiophene rings is 1. The molecule has 0 saturated heterocycles. The van der Waals surface area contributed by atoms with E-state index in [9.17, 15) is 4.79 Å². The van der Waals surface area contributed by atoms with E-state index in [1.807, 2.05) is 23.6 Å². The van der Waals surface area contributed by atoms with Gasteiger partial charge in [-0.3, -0.25) is 4.79 Å². The Morgan fingerprint density at radius 3 is 2.55 bits per heavy atom. The lowest BCUT2D eigenvalue weighted by Gasteiger charge is -2.23. The van der Waals surface area contributed by atoms with E-state index in [1.165, 1.54) is 11.1 Å². The van der Waals surface area contributed by atoms with E-state index < -0.39 is 0 Å². The number of nitrogens with one attached hydrogen (secondary N) is 1. The molecule has 0 aliphatic rings. The van der Waals surface area contributed by atoms with Crippen LogP contribution in [0.25, 0.3) is 0 Å². The Hall–Kier alpha value is -1.61. The van der Waals surface area contributed by atoms with E-state index in [0.29, 0.717) is 12.3 Å². The number of hydrogen-bond donors (Lipinski definition) is 1. The maximum absolute atomic E-state index is 12.1. The minimum absolute atomic E-state index is 0.0891. The largest absolute Gasteiger partial charge is 0.349 e. The lowest BCUT2D eigenvalue weighted by atomic mass is 9.96. The van der Waals surface area contributed by atoms with Crippen LogP contribution in [0.5, 0.6) is 0 Å². The average molecular weight is 287 g/mol. The Labute approximate surface area is 124 Å². The van der Waals surface area contributed by atoms with Crippen LogP contribution in [-0.2, 0) is 11.2 Å². The van der Waals surface area contributed by atoms with Crippen molar-refractivity contribution in [3.63, 3.8) is 0 Å². The highest BCUT2D eigenvalue weighted by molar-refractivity contribution is 7.07. The van der Waals surface area contributed by atoms with Gasteiger partial charge in [0.25, 0.3) is 0 Å². The first-order valence-electron chi connectivity index (χ1n) is 7.02. The summed E-state index contributed by atoms with van der Waals surface area (Å²) in [4.78, 5) is 12.1. The zero-order chi connectivity index (χ0) is 14.4. The molecule has 20 heavy (non-hydrogen) atoms. The summed E-state index contributed by atoms with van der Waals surface area (Å²) in [7, 11) is 0. The third-order valence-corrected chi connectivity index (χ3v) is 4.09. The summed E-state index contributed by atoms with van der Waals surface area (Å²) in [6.07, 6.45) is 1.36. The fourth-order valence-corrected chi connectivity index (χ4v) is 2.94. The van der Waals surface area contributed by atoms with E-state index >= 15 is 0 Å². The predicted octanol–water partition coefficient (Wildman–Crippen LogP) is 4.19. The summed E-state index contributed by atoms with van der Waals surface area (Å²) < 4.78 is 0. The monoisotopic (exact) mass is 287 g/mol. The highest BCUT2D eigenvalue weighted by Crippen LogP contribution is 2.21. The highest BCUT2D eigenvalue weighted by Gasteiger charge is 2.17. The zero-order valence-electron chi connectivity index (χ0n) is 12.0. The van der Waals surface area contributed by atoms with Crippen LogP contribution in [-0.4, -0.2) is 5.91 Å². The fourth-order valence-electron chi connectivity index (χ4n) is 2.23. The van der Waals surface area contributed by atoms with E-state index in [0.717, 1.165) is 6.42 Å². The first kappa shape index (κ1) is 14.8. The van der Waals surface area contributed by atoms with Crippen LogP contribution in [0.1, 0.15) is 37.4 Å². The Morgan fingerprint density at radius 2 is 1.95 bits per heavy atom. The van der Waals surface area contributed by atoms with Crippen LogP contribution in [0.3, 0.4) is 0 Å². The second-order valence-electron chi connectivity index (χ2n) is 5.33. The van der Waals surface area contributed by atoms with Gasteiger partial charge in [0.15, 0.2) is 0 Å². The molecule has 1 atom stereocenters. The molecular formula is C17H21NOS. The molecule has 0 aliphatic carbocycles. The number of amides is 1. The molecule has 0 fully saturated rings. The number of aryl methyl sites for hydroxylation is 1. The second kappa shape index (κ2) is 7.25. The van der Waals surface area contributed by atoms with Gasteiger partial charge >= 0.3 is 0 Å². The third kappa shape index (κ3) is 4.20. The summed E-state index contributed by atoms with van der Waals surface area (Å²) in [6, 6.07) is 12.3. The summed E-state index contributed by atoms with van der Waals surface area (Å²) in [5.41, 5.74) is 2.41. The maximum Gasteiger partial charge on any atom is 0.220 e. The van der Waals surface area contributed by atoms with Crippen LogP contribution in [0.2, 0.25) is 0 Å². The lowest BCUT2D eigenvalue weighted by molar-refractivity contribution is -0.122.